The minimum Gasteiger partial charge on any atom is -0.381 e. The number of hydrogen-bond donors (Lipinski definition) is 2. The fourth-order valence-electron chi connectivity index (χ4n) is 3.05. The molecular formula is C13H18N3O+. The zero-order chi connectivity index (χ0) is 11.9. The summed E-state index contributed by atoms with van der Waals surface area (Å²) in [5.41, 5.74) is 8.77. The second kappa shape index (κ2) is 3.74. The van der Waals surface area contributed by atoms with Gasteiger partial charge in [0.1, 0.15) is 12.0 Å². The molecule has 2 heterocycles. The molecule has 2 aliphatic heterocycles. The summed E-state index contributed by atoms with van der Waals surface area (Å²) in [6, 6.07) is 8.45. The van der Waals surface area contributed by atoms with Gasteiger partial charge in [-0.2, -0.15) is 4.68 Å². The number of nitrogens with two attached hydrogens (primary N) is 2. The van der Waals surface area contributed by atoms with Crippen molar-refractivity contribution in [2.75, 3.05) is 13.2 Å². The van der Waals surface area contributed by atoms with Crippen LogP contribution in [0.3, 0.4) is 0 Å². The van der Waals surface area contributed by atoms with Crippen molar-refractivity contribution in [3.63, 3.8) is 0 Å². The third-order valence-corrected chi connectivity index (χ3v) is 4.02. The van der Waals surface area contributed by atoms with Gasteiger partial charge in [0.25, 0.3) is 5.84 Å². The van der Waals surface area contributed by atoms with E-state index in [9.17, 15) is 0 Å². The van der Waals surface area contributed by atoms with Crippen molar-refractivity contribution in [1.82, 2.24) is 0 Å². The monoisotopic (exact) mass is 232 g/mol. The van der Waals surface area contributed by atoms with Crippen LogP contribution in [0.5, 0.6) is 0 Å². The molecule has 1 fully saturated rings. The summed E-state index contributed by atoms with van der Waals surface area (Å²) in [7, 11) is 0. The van der Waals surface area contributed by atoms with Crippen LogP contribution in [0.25, 0.3) is 0 Å². The van der Waals surface area contributed by atoms with Gasteiger partial charge in [-0.25, -0.2) is 0 Å². The molecule has 0 saturated carbocycles. The largest absolute Gasteiger partial charge is 0.381 e. The Bertz CT molecular complexity index is 475. The third-order valence-electron chi connectivity index (χ3n) is 4.02. The van der Waals surface area contributed by atoms with Gasteiger partial charge in [-0.05, 0) is 24.0 Å². The van der Waals surface area contributed by atoms with Crippen LogP contribution in [-0.2, 0) is 16.7 Å². The first kappa shape index (κ1) is 10.6. The first-order chi connectivity index (χ1) is 8.24. The number of fused-ring (bicyclic) bond motifs is 2. The average Bonchev–Trinajstić information content (AvgIpc) is 2.38. The van der Waals surface area contributed by atoms with Crippen LogP contribution in [0.1, 0.15) is 24.0 Å². The molecule has 1 saturated heterocycles. The SMILES string of the molecule is NC1=[N+](N)Cc2ccccc2C12CCOCC2. The van der Waals surface area contributed by atoms with Gasteiger partial charge in [0.2, 0.25) is 0 Å². The predicted octanol–water partition coefficient (Wildman–Crippen LogP) is 0.492. The summed E-state index contributed by atoms with van der Waals surface area (Å²) < 4.78 is 7.16. The molecule has 1 aromatic rings. The van der Waals surface area contributed by atoms with E-state index in [1.165, 1.54) is 11.1 Å². The molecule has 0 bridgehead atoms. The molecule has 0 aromatic heterocycles. The molecular weight excluding hydrogens is 214 g/mol. The molecule has 2 aliphatic rings. The summed E-state index contributed by atoms with van der Waals surface area (Å²) in [5, 5.41) is 0. The zero-order valence-electron chi connectivity index (χ0n) is 9.86. The Morgan fingerprint density at radius 2 is 1.88 bits per heavy atom. The van der Waals surface area contributed by atoms with Crippen LogP contribution < -0.4 is 11.6 Å². The molecule has 4 heteroatoms. The van der Waals surface area contributed by atoms with E-state index in [0.717, 1.165) is 31.9 Å². The number of rotatable bonds is 0. The molecule has 0 atom stereocenters. The molecule has 4 N–H and O–H groups in total. The van der Waals surface area contributed by atoms with E-state index in [4.69, 9.17) is 16.3 Å². The van der Waals surface area contributed by atoms with Crippen LogP contribution in [-0.4, -0.2) is 23.7 Å². The van der Waals surface area contributed by atoms with Gasteiger partial charge in [-0.15, -0.1) is 0 Å². The van der Waals surface area contributed by atoms with Crippen LogP contribution in [0.15, 0.2) is 24.3 Å². The number of benzene rings is 1. The maximum absolute atomic E-state index is 6.26. The van der Waals surface area contributed by atoms with Gasteiger partial charge >= 0.3 is 0 Å². The topological polar surface area (TPSA) is 64.3 Å². The Hall–Kier alpha value is -1.55. The van der Waals surface area contributed by atoms with E-state index >= 15 is 0 Å². The normalized spacial score (nSPS) is 22.6. The highest BCUT2D eigenvalue weighted by molar-refractivity contribution is 5.89. The van der Waals surface area contributed by atoms with Crippen LogP contribution in [0.2, 0.25) is 0 Å². The standard InChI is InChI=1S/C13H17N3O/c14-12-13(5-7-17-8-6-13)11-4-2-1-3-10(11)9-16(12)15/h1-4,14H,5-9,15H2/p+1. The Balaban J connectivity index is 2.17. The number of amidine groups is 1. The molecule has 17 heavy (non-hydrogen) atoms. The van der Waals surface area contributed by atoms with Crippen molar-refractivity contribution < 1.29 is 9.42 Å². The minimum atomic E-state index is -0.109. The summed E-state index contributed by atoms with van der Waals surface area (Å²) in [6.07, 6.45) is 1.84. The smallest absolute Gasteiger partial charge is 0.276 e. The van der Waals surface area contributed by atoms with Gasteiger partial charge in [-0.1, -0.05) is 24.3 Å². The first-order valence-electron chi connectivity index (χ1n) is 6.05. The van der Waals surface area contributed by atoms with E-state index in [2.05, 4.69) is 24.3 Å². The molecule has 1 aromatic carbocycles. The van der Waals surface area contributed by atoms with E-state index < -0.39 is 0 Å². The Morgan fingerprint density at radius 3 is 2.65 bits per heavy atom. The summed E-state index contributed by atoms with van der Waals surface area (Å²) in [4.78, 5) is 0. The van der Waals surface area contributed by atoms with Crippen molar-refractivity contribution in [3.8, 4) is 0 Å². The number of ether oxygens (including phenoxy) is 1. The maximum atomic E-state index is 6.26. The zero-order valence-corrected chi connectivity index (χ0v) is 9.86. The summed E-state index contributed by atoms with van der Waals surface area (Å²) in [6.45, 7) is 2.20. The molecule has 0 radical (unpaired) electrons. The fourth-order valence-corrected chi connectivity index (χ4v) is 3.05. The van der Waals surface area contributed by atoms with E-state index in [0.29, 0.717) is 6.54 Å². The molecule has 3 rings (SSSR count). The van der Waals surface area contributed by atoms with Crippen molar-refractivity contribution in [2.45, 2.75) is 24.8 Å². The molecule has 0 amide bonds. The first-order valence-corrected chi connectivity index (χ1v) is 6.05. The lowest BCUT2D eigenvalue weighted by Crippen LogP contribution is -2.54. The van der Waals surface area contributed by atoms with Gasteiger partial charge in [0, 0.05) is 13.2 Å². The fraction of sp³-hybridized carbons (Fsp3) is 0.462. The van der Waals surface area contributed by atoms with Gasteiger partial charge in [0.15, 0.2) is 0 Å². The van der Waals surface area contributed by atoms with E-state index in [1.54, 1.807) is 4.68 Å². The van der Waals surface area contributed by atoms with Crippen LogP contribution >= 0.6 is 0 Å². The third kappa shape index (κ3) is 1.44. The van der Waals surface area contributed by atoms with E-state index in [1.807, 2.05) is 0 Å². The van der Waals surface area contributed by atoms with Crippen molar-refractivity contribution in [3.05, 3.63) is 35.4 Å². The van der Waals surface area contributed by atoms with Gasteiger partial charge in [0.05, 0.1) is 0 Å². The van der Waals surface area contributed by atoms with Crippen LogP contribution in [0, 0.1) is 0 Å². The van der Waals surface area contributed by atoms with E-state index in [-0.39, 0.29) is 5.41 Å². The predicted molar refractivity (Wildman–Crippen MR) is 65.5 cm³/mol. The summed E-state index contributed by atoms with van der Waals surface area (Å²) in [5.74, 6) is 6.82. The summed E-state index contributed by atoms with van der Waals surface area (Å²) >= 11 is 0. The Morgan fingerprint density at radius 1 is 1.18 bits per heavy atom. The lowest BCUT2D eigenvalue weighted by atomic mass is 9.70. The average molecular weight is 232 g/mol. The Kier molecular flexibility index (Phi) is 2.33. The van der Waals surface area contributed by atoms with Gasteiger partial charge < -0.3 is 4.74 Å². The highest BCUT2D eigenvalue weighted by Gasteiger charge is 2.47. The second-order valence-electron chi connectivity index (χ2n) is 4.86. The Labute approximate surface area is 101 Å². The molecule has 0 unspecified atom stereocenters. The highest BCUT2D eigenvalue weighted by Crippen LogP contribution is 2.39. The molecule has 90 valence electrons. The molecule has 1 spiro atoms. The van der Waals surface area contributed by atoms with Crippen molar-refractivity contribution >= 4 is 5.84 Å². The quantitative estimate of drug-likeness (QED) is 0.505. The number of hydrazone groups is 1. The second-order valence-corrected chi connectivity index (χ2v) is 4.86. The minimum absolute atomic E-state index is 0.109. The lowest BCUT2D eigenvalue weighted by Gasteiger charge is -2.38. The van der Waals surface area contributed by atoms with Crippen molar-refractivity contribution in [2.24, 2.45) is 11.6 Å². The number of nitrogens with zero attached hydrogens (tertiary/aromatic N) is 1. The number of hydrogen-bond acceptors (Lipinski definition) is 3. The number of hydrazine groups is 1. The van der Waals surface area contributed by atoms with Crippen molar-refractivity contribution in [1.29, 1.82) is 0 Å². The molecule has 4 nitrogen and oxygen atoms in total. The lowest BCUT2D eigenvalue weighted by molar-refractivity contribution is -0.561. The van der Waals surface area contributed by atoms with Crippen LogP contribution in [0.4, 0.5) is 0 Å². The van der Waals surface area contributed by atoms with Gasteiger partial charge in [-0.3, -0.25) is 11.6 Å². The highest BCUT2D eigenvalue weighted by atomic mass is 16.5. The maximum Gasteiger partial charge on any atom is 0.276 e. The molecule has 0 aliphatic carbocycles.